The molecule has 1 heterocycles. The summed E-state index contributed by atoms with van der Waals surface area (Å²) < 4.78 is 0. The number of rotatable bonds is 5. The Bertz CT molecular complexity index is 354. The van der Waals surface area contributed by atoms with Gasteiger partial charge >= 0.3 is 0 Å². The summed E-state index contributed by atoms with van der Waals surface area (Å²) in [5.74, 6) is 0.433. The molecule has 2 N–H and O–H groups in total. The number of nitriles is 1. The second kappa shape index (κ2) is 6.09. The molecule has 1 aromatic heterocycles. The fraction of sp³-hybridized carbons (Fsp3) is 0.500. The van der Waals surface area contributed by atoms with E-state index < -0.39 is 0 Å². The summed E-state index contributed by atoms with van der Waals surface area (Å²) in [5, 5.41) is 20.9. The maximum absolute atomic E-state index is 8.95. The van der Waals surface area contributed by atoms with Gasteiger partial charge in [-0.25, -0.2) is 4.98 Å². The van der Waals surface area contributed by atoms with Gasteiger partial charge in [-0.2, -0.15) is 5.26 Å². The van der Waals surface area contributed by atoms with Crippen LogP contribution < -0.4 is 5.32 Å². The molecule has 1 atom stereocenters. The molecule has 0 spiro atoms. The number of anilines is 1. The van der Waals surface area contributed by atoms with Crippen LogP contribution >= 0.6 is 0 Å². The summed E-state index contributed by atoms with van der Waals surface area (Å²) in [6.07, 6.45) is 2.35. The molecular weight excluding hydrogens is 202 g/mol. The predicted molar refractivity (Wildman–Crippen MR) is 62.9 cm³/mol. The zero-order valence-electron chi connectivity index (χ0n) is 9.64. The van der Waals surface area contributed by atoms with E-state index in [0.717, 1.165) is 5.69 Å². The first-order chi connectivity index (χ1) is 7.67. The first kappa shape index (κ1) is 12.5. The number of aromatic nitrogens is 1. The number of aliphatic hydroxyl groups is 1. The third kappa shape index (κ3) is 3.52. The Morgan fingerprint density at radius 1 is 1.50 bits per heavy atom. The zero-order valence-corrected chi connectivity index (χ0v) is 9.64. The van der Waals surface area contributed by atoms with E-state index in [1.54, 1.807) is 12.3 Å². The van der Waals surface area contributed by atoms with Gasteiger partial charge in [-0.1, -0.05) is 13.8 Å². The summed E-state index contributed by atoms with van der Waals surface area (Å²) in [6, 6.07) is 5.71. The second-order valence-corrected chi connectivity index (χ2v) is 4.05. The van der Waals surface area contributed by atoms with Crippen molar-refractivity contribution < 1.29 is 5.11 Å². The van der Waals surface area contributed by atoms with Gasteiger partial charge in [0.15, 0.2) is 0 Å². The lowest BCUT2D eigenvalue weighted by molar-refractivity contribution is 0.267. The second-order valence-electron chi connectivity index (χ2n) is 4.05. The zero-order chi connectivity index (χ0) is 12.0. The Labute approximate surface area is 95.9 Å². The average molecular weight is 219 g/mol. The maximum atomic E-state index is 8.95. The first-order valence-corrected chi connectivity index (χ1v) is 5.41. The van der Waals surface area contributed by atoms with Crippen molar-refractivity contribution in [3.8, 4) is 6.07 Å². The number of pyridine rings is 1. The Morgan fingerprint density at radius 2 is 2.25 bits per heavy atom. The molecule has 4 nitrogen and oxygen atoms in total. The van der Waals surface area contributed by atoms with E-state index in [1.807, 2.05) is 12.1 Å². The van der Waals surface area contributed by atoms with Crippen molar-refractivity contribution in [2.24, 2.45) is 5.92 Å². The fourth-order valence-corrected chi connectivity index (χ4v) is 1.47. The van der Waals surface area contributed by atoms with Crippen molar-refractivity contribution in [1.29, 1.82) is 5.26 Å². The third-order valence-corrected chi connectivity index (χ3v) is 2.47. The van der Waals surface area contributed by atoms with Crippen LogP contribution in [0.1, 0.15) is 26.0 Å². The Kier molecular flexibility index (Phi) is 4.74. The van der Waals surface area contributed by atoms with Crippen LogP contribution in [0.5, 0.6) is 0 Å². The van der Waals surface area contributed by atoms with Crippen molar-refractivity contribution in [2.45, 2.75) is 26.3 Å². The van der Waals surface area contributed by atoms with Crippen LogP contribution in [0.4, 0.5) is 5.69 Å². The summed E-state index contributed by atoms with van der Waals surface area (Å²) in [4.78, 5) is 3.98. The minimum Gasteiger partial charge on any atom is -0.396 e. The van der Waals surface area contributed by atoms with E-state index in [9.17, 15) is 0 Å². The van der Waals surface area contributed by atoms with Gasteiger partial charge in [-0.15, -0.1) is 0 Å². The largest absolute Gasteiger partial charge is 0.396 e. The van der Waals surface area contributed by atoms with Crippen LogP contribution in [0.25, 0.3) is 0 Å². The summed E-state index contributed by atoms with van der Waals surface area (Å²) in [7, 11) is 0. The molecule has 0 aromatic carbocycles. The molecule has 86 valence electrons. The maximum Gasteiger partial charge on any atom is 0.140 e. The SMILES string of the molecule is CC(C)C(CCO)Nc1ccc(C#N)nc1. The molecule has 0 saturated carbocycles. The van der Waals surface area contributed by atoms with Gasteiger partial charge in [0, 0.05) is 12.6 Å². The molecule has 1 unspecified atom stereocenters. The van der Waals surface area contributed by atoms with Crippen LogP contribution in [0.15, 0.2) is 18.3 Å². The van der Waals surface area contributed by atoms with E-state index in [2.05, 4.69) is 24.1 Å². The minimum atomic E-state index is 0.166. The van der Waals surface area contributed by atoms with Gasteiger partial charge in [0.1, 0.15) is 11.8 Å². The van der Waals surface area contributed by atoms with E-state index in [0.29, 0.717) is 18.0 Å². The number of nitrogens with one attached hydrogen (secondary N) is 1. The fourth-order valence-electron chi connectivity index (χ4n) is 1.47. The molecule has 0 fully saturated rings. The quantitative estimate of drug-likeness (QED) is 0.792. The monoisotopic (exact) mass is 219 g/mol. The molecular formula is C12H17N3O. The molecule has 16 heavy (non-hydrogen) atoms. The van der Waals surface area contributed by atoms with Crippen molar-refractivity contribution in [2.75, 3.05) is 11.9 Å². The van der Waals surface area contributed by atoms with Gasteiger partial charge in [-0.3, -0.25) is 0 Å². The smallest absolute Gasteiger partial charge is 0.140 e. The first-order valence-electron chi connectivity index (χ1n) is 5.41. The molecule has 1 rings (SSSR count). The van der Waals surface area contributed by atoms with Crippen molar-refractivity contribution in [3.63, 3.8) is 0 Å². The van der Waals surface area contributed by atoms with Gasteiger partial charge in [0.25, 0.3) is 0 Å². The van der Waals surface area contributed by atoms with Crippen LogP contribution in [0.2, 0.25) is 0 Å². The molecule has 0 bridgehead atoms. The van der Waals surface area contributed by atoms with Crippen LogP contribution in [-0.4, -0.2) is 22.7 Å². The molecule has 0 aliphatic heterocycles. The molecule has 1 aromatic rings. The van der Waals surface area contributed by atoms with E-state index in [4.69, 9.17) is 10.4 Å². The number of hydrogen-bond donors (Lipinski definition) is 2. The summed E-state index contributed by atoms with van der Waals surface area (Å²) >= 11 is 0. The Hall–Kier alpha value is -1.60. The normalized spacial score (nSPS) is 12.2. The van der Waals surface area contributed by atoms with Crippen molar-refractivity contribution >= 4 is 5.69 Å². The molecule has 0 amide bonds. The highest BCUT2D eigenvalue weighted by Gasteiger charge is 2.12. The van der Waals surface area contributed by atoms with Crippen molar-refractivity contribution in [1.82, 2.24) is 4.98 Å². The van der Waals surface area contributed by atoms with Gasteiger partial charge in [0.05, 0.1) is 11.9 Å². The van der Waals surface area contributed by atoms with Crippen LogP contribution in [0.3, 0.4) is 0 Å². The summed E-state index contributed by atoms with van der Waals surface area (Å²) in [5.41, 5.74) is 1.29. The molecule has 0 aliphatic rings. The highest BCUT2D eigenvalue weighted by atomic mass is 16.3. The molecule has 0 aliphatic carbocycles. The third-order valence-electron chi connectivity index (χ3n) is 2.47. The average Bonchev–Trinajstić information content (AvgIpc) is 2.29. The minimum absolute atomic E-state index is 0.166. The lowest BCUT2D eigenvalue weighted by atomic mass is 10.0. The van der Waals surface area contributed by atoms with E-state index >= 15 is 0 Å². The van der Waals surface area contributed by atoms with Crippen LogP contribution in [-0.2, 0) is 0 Å². The highest BCUT2D eigenvalue weighted by Crippen LogP contribution is 2.14. The predicted octanol–water partition coefficient (Wildman–Crippen LogP) is 1.77. The van der Waals surface area contributed by atoms with Gasteiger partial charge in [0.2, 0.25) is 0 Å². The Balaban J connectivity index is 2.66. The lowest BCUT2D eigenvalue weighted by Gasteiger charge is -2.22. The highest BCUT2D eigenvalue weighted by molar-refractivity contribution is 5.43. The summed E-state index contributed by atoms with van der Waals surface area (Å²) in [6.45, 7) is 4.37. The van der Waals surface area contributed by atoms with E-state index in [-0.39, 0.29) is 12.6 Å². The van der Waals surface area contributed by atoms with Gasteiger partial charge < -0.3 is 10.4 Å². The van der Waals surface area contributed by atoms with E-state index in [1.165, 1.54) is 0 Å². The molecule has 0 saturated heterocycles. The van der Waals surface area contributed by atoms with Gasteiger partial charge in [-0.05, 0) is 24.5 Å². The standard InChI is InChI=1S/C12H17N3O/c1-9(2)12(5-6-16)15-11-4-3-10(7-13)14-8-11/h3-4,8-9,12,15-16H,5-6H2,1-2H3. The molecule has 0 radical (unpaired) electrons. The molecule has 4 heteroatoms. The number of nitrogens with zero attached hydrogens (tertiary/aromatic N) is 2. The number of hydrogen-bond acceptors (Lipinski definition) is 4. The van der Waals surface area contributed by atoms with Crippen molar-refractivity contribution in [3.05, 3.63) is 24.0 Å². The van der Waals surface area contributed by atoms with Crippen LogP contribution in [0, 0.1) is 17.2 Å². The number of aliphatic hydroxyl groups excluding tert-OH is 1. The lowest BCUT2D eigenvalue weighted by Crippen LogP contribution is -2.26. The topological polar surface area (TPSA) is 68.9 Å². The Morgan fingerprint density at radius 3 is 2.69 bits per heavy atom.